The Balaban J connectivity index is 2.02. The molecule has 1 aromatic rings. The van der Waals surface area contributed by atoms with Gasteiger partial charge in [-0.2, -0.15) is 0 Å². The number of phenolic OH excluding ortho intramolecular Hbond substituents is 1. The largest absolute Gasteiger partial charge is 0.508 e. The third kappa shape index (κ3) is 3.79. The second-order valence-corrected chi connectivity index (χ2v) is 8.75. The van der Waals surface area contributed by atoms with Gasteiger partial charge in [0.15, 0.2) is 6.29 Å². The van der Waals surface area contributed by atoms with Crippen molar-refractivity contribution in [3.8, 4) is 5.75 Å². The number of rotatable bonds is 4. The Bertz CT molecular complexity index is 736. The lowest BCUT2D eigenvalue weighted by atomic mass is 9.68. The van der Waals surface area contributed by atoms with Crippen LogP contribution < -0.4 is 0 Å². The molecule has 2 aliphatic rings. The highest BCUT2D eigenvalue weighted by Crippen LogP contribution is 2.49. The van der Waals surface area contributed by atoms with Crippen LogP contribution in [0.4, 0.5) is 0 Å². The molecule has 0 radical (unpaired) electrons. The monoisotopic (exact) mass is 412 g/mol. The fourth-order valence-electron chi connectivity index (χ4n) is 4.41. The van der Waals surface area contributed by atoms with Crippen molar-refractivity contribution in [3.63, 3.8) is 0 Å². The number of aliphatic hydroxyl groups excluding tert-OH is 5. The van der Waals surface area contributed by atoms with E-state index in [1.165, 1.54) is 0 Å². The molecule has 0 saturated carbocycles. The predicted molar refractivity (Wildman–Crippen MR) is 103 cm³/mol. The van der Waals surface area contributed by atoms with Crippen LogP contribution in [0.3, 0.4) is 0 Å². The van der Waals surface area contributed by atoms with E-state index in [9.17, 15) is 30.6 Å². The van der Waals surface area contributed by atoms with Crippen molar-refractivity contribution in [1.29, 1.82) is 0 Å². The number of phenols is 1. The average Bonchev–Trinajstić information content (AvgIpc) is 2.66. The molecule has 1 aliphatic heterocycles. The van der Waals surface area contributed by atoms with Crippen molar-refractivity contribution >= 4 is 0 Å². The summed E-state index contributed by atoms with van der Waals surface area (Å²) in [4.78, 5) is 0. The molecule has 1 heterocycles. The second kappa shape index (κ2) is 8.11. The molecule has 3 rings (SSSR count). The van der Waals surface area contributed by atoms with Gasteiger partial charge in [-0.25, -0.2) is 0 Å². The van der Waals surface area contributed by atoms with Crippen molar-refractivity contribution in [1.82, 2.24) is 0 Å². The lowest BCUT2D eigenvalue weighted by molar-refractivity contribution is -0.338. The summed E-state index contributed by atoms with van der Waals surface area (Å²) in [5.41, 5.74) is 0.878. The van der Waals surface area contributed by atoms with Crippen LogP contribution in [0.1, 0.15) is 49.8 Å². The van der Waals surface area contributed by atoms with Crippen molar-refractivity contribution in [2.24, 2.45) is 5.92 Å². The Morgan fingerprint density at radius 3 is 2.38 bits per heavy atom. The van der Waals surface area contributed by atoms with E-state index < -0.39 is 49.0 Å². The van der Waals surface area contributed by atoms with Gasteiger partial charge >= 0.3 is 0 Å². The first kappa shape index (κ1) is 22.4. The predicted octanol–water partition coefficient (Wildman–Crippen LogP) is 0.237. The third-order valence-electron chi connectivity index (χ3n) is 6.43. The zero-order chi connectivity index (χ0) is 21.7. The molecule has 0 bridgehead atoms. The molecule has 0 spiro atoms. The number of fused-ring (bicyclic) bond motifs is 1. The van der Waals surface area contributed by atoms with E-state index in [0.717, 1.165) is 5.56 Å². The van der Waals surface area contributed by atoms with Gasteiger partial charge in [0.25, 0.3) is 0 Å². The van der Waals surface area contributed by atoms with E-state index >= 15 is 0 Å². The molecule has 8 atom stereocenters. The maximum Gasteiger partial charge on any atom is 0.187 e. The minimum atomic E-state index is -1.58. The number of hydrogen-bond donors (Lipinski definition) is 6. The van der Waals surface area contributed by atoms with Crippen LogP contribution in [0, 0.1) is 12.8 Å². The number of aryl methyl sites for hydroxylation is 1. The summed E-state index contributed by atoms with van der Waals surface area (Å²) in [6, 6.07) is 3.45. The SMILES string of the molecule is Cc1cc2c(cc1O)C(C)(OC1OC(CO)C(O)C(O)C1O)C(O)CC2C(C)C. The molecule has 1 saturated heterocycles. The molecule has 1 aliphatic carbocycles. The van der Waals surface area contributed by atoms with Crippen molar-refractivity contribution < 1.29 is 40.1 Å². The Hall–Kier alpha value is -1.26. The zero-order valence-corrected chi connectivity index (χ0v) is 17.2. The van der Waals surface area contributed by atoms with E-state index in [0.29, 0.717) is 17.5 Å². The van der Waals surface area contributed by atoms with Crippen LogP contribution in [0.15, 0.2) is 12.1 Å². The van der Waals surface area contributed by atoms with Crippen molar-refractivity contribution in [2.45, 2.75) is 82.4 Å². The number of ether oxygens (including phenoxy) is 2. The molecule has 1 aromatic carbocycles. The topological polar surface area (TPSA) is 140 Å². The van der Waals surface area contributed by atoms with Crippen LogP contribution in [-0.2, 0) is 15.1 Å². The lowest BCUT2D eigenvalue weighted by Gasteiger charge is -2.48. The smallest absolute Gasteiger partial charge is 0.187 e. The van der Waals surface area contributed by atoms with Gasteiger partial charge in [0, 0.05) is 0 Å². The Morgan fingerprint density at radius 1 is 1.14 bits per heavy atom. The first-order valence-electron chi connectivity index (χ1n) is 10.0. The fourth-order valence-corrected chi connectivity index (χ4v) is 4.41. The molecule has 0 amide bonds. The highest BCUT2D eigenvalue weighted by atomic mass is 16.7. The van der Waals surface area contributed by atoms with Gasteiger partial charge in [0.05, 0.1) is 12.7 Å². The lowest BCUT2D eigenvalue weighted by Crippen LogP contribution is -2.61. The Kier molecular flexibility index (Phi) is 6.27. The molecule has 0 aromatic heterocycles. The normalized spacial score (nSPS) is 40.1. The summed E-state index contributed by atoms with van der Waals surface area (Å²) >= 11 is 0. The van der Waals surface area contributed by atoms with E-state index in [4.69, 9.17) is 9.47 Å². The highest BCUT2D eigenvalue weighted by molar-refractivity contribution is 5.48. The summed E-state index contributed by atoms with van der Waals surface area (Å²) in [7, 11) is 0. The summed E-state index contributed by atoms with van der Waals surface area (Å²) in [6.45, 7) is 6.99. The molecule has 29 heavy (non-hydrogen) atoms. The summed E-state index contributed by atoms with van der Waals surface area (Å²) in [6.07, 6.45) is -7.73. The van der Waals surface area contributed by atoms with Crippen LogP contribution in [-0.4, -0.2) is 74.1 Å². The van der Waals surface area contributed by atoms with Crippen molar-refractivity contribution in [3.05, 3.63) is 28.8 Å². The Labute approximate surface area is 170 Å². The molecular formula is C21H32O8. The molecule has 8 unspecified atom stereocenters. The van der Waals surface area contributed by atoms with E-state index in [1.807, 2.05) is 6.07 Å². The molecule has 6 N–H and O–H groups in total. The molecule has 164 valence electrons. The summed E-state index contributed by atoms with van der Waals surface area (Å²) < 4.78 is 11.5. The minimum absolute atomic E-state index is 0.0470. The van der Waals surface area contributed by atoms with Crippen LogP contribution in [0.25, 0.3) is 0 Å². The summed E-state index contributed by atoms with van der Waals surface area (Å²) in [5.74, 6) is 0.346. The first-order valence-corrected chi connectivity index (χ1v) is 10.0. The van der Waals surface area contributed by atoms with Crippen molar-refractivity contribution in [2.75, 3.05) is 6.61 Å². The van der Waals surface area contributed by atoms with Gasteiger partial charge in [-0.05, 0) is 54.9 Å². The summed E-state index contributed by atoms with van der Waals surface area (Å²) in [5, 5.41) is 61.1. The van der Waals surface area contributed by atoms with Crippen LogP contribution in [0.5, 0.6) is 5.75 Å². The highest BCUT2D eigenvalue weighted by Gasteiger charge is 2.51. The second-order valence-electron chi connectivity index (χ2n) is 8.75. The number of aliphatic hydroxyl groups is 5. The Morgan fingerprint density at radius 2 is 1.79 bits per heavy atom. The quantitative estimate of drug-likeness (QED) is 0.413. The number of hydrogen-bond acceptors (Lipinski definition) is 8. The number of aromatic hydroxyl groups is 1. The van der Waals surface area contributed by atoms with E-state index in [2.05, 4.69) is 13.8 Å². The van der Waals surface area contributed by atoms with Gasteiger partial charge in [-0.15, -0.1) is 0 Å². The average molecular weight is 412 g/mol. The third-order valence-corrected chi connectivity index (χ3v) is 6.43. The van der Waals surface area contributed by atoms with Gasteiger partial charge in [0.2, 0.25) is 0 Å². The maximum atomic E-state index is 11.0. The van der Waals surface area contributed by atoms with Crippen LogP contribution >= 0.6 is 0 Å². The van der Waals surface area contributed by atoms with Gasteiger partial charge in [-0.3, -0.25) is 0 Å². The van der Waals surface area contributed by atoms with Gasteiger partial charge < -0.3 is 40.1 Å². The molecule has 8 nitrogen and oxygen atoms in total. The molecule has 1 fully saturated rings. The standard InChI is InChI=1S/C21H32O8/c1-9(2)11-6-16(24)21(4,13-7-14(23)10(3)5-12(11)13)29-20-19(27)18(26)17(25)15(8-22)28-20/h5,7,9,11,15-20,22-27H,6,8H2,1-4H3. The van der Waals surface area contributed by atoms with Crippen LogP contribution in [0.2, 0.25) is 0 Å². The zero-order valence-electron chi connectivity index (χ0n) is 17.2. The molecular weight excluding hydrogens is 380 g/mol. The number of benzene rings is 1. The van der Waals surface area contributed by atoms with E-state index in [1.54, 1.807) is 19.9 Å². The minimum Gasteiger partial charge on any atom is -0.508 e. The first-order chi connectivity index (χ1) is 13.5. The van der Waals surface area contributed by atoms with Gasteiger partial charge in [-0.1, -0.05) is 19.9 Å². The van der Waals surface area contributed by atoms with E-state index in [-0.39, 0.29) is 17.6 Å². The molecule has 8 heteroatoms. The van der Waals surface area contributed by atoms with Gasteiger partial charge in [0.1, 0.15) is 35.8 Å². The maximum absolute atomic E-state index is 11.0. The fraction of sp³-hybridized carbons (Fsp3) is 0.714.